The molecule has 0 atom stereocenters. The van der Waals surface area contributed by atoms with E-state index in [1.807, 2.05) is 0 Å². The Balaban J connectivity index is 0.00000144. The summed E-state index contributed by atoms with van der Waals surface area (Å²) in [6.07, 6.45) is 1.22. The van der Waals surface area contributed by atoms with Crippen LogP contribution in [-0.2, 0) is 0 Å². The Bertz CT molecular complexity index is 319. The minimum atomic E-state index is -1.11. The maximum atomic E-state index is 10.5. The summed E-state index contributed by atoms with van der Waals surface area (Å²) in [4.78, 5) is 14.2. The molecule has 13 heavy (non-hydrogen) atoms. The van der Waals surface area contributed by atoms with E-state index >= 15 is 0 Å². The van der Waals surface area contributed by atoms with Gasteiger partial charge in [-0.05, 0) is 6.07 Å². The number of nitrogens with zero attached hydrogens (tertiary/aromatic N) is 1. The zero-order valence-electron chi connectivity index (χ0n) is 6.32. The first kappa shape index (κ1) is 12.0. The van der Waals surface area contributed by atoms with Gasteiger partial charge < -0.3 is 10.5 Å². The van der Waals surface area contributed by atoms with Crippen LogP contribution >= 0.6 is 24.0 Å². The fourth-order valence-electron chi connectivity index (χ4n) is 0.682. The minimum absolute atomic E-state index is 0. The normalized spacial score (nSPS) is 8.77. The molecule has 0 radical (unpaired) electrons. The zero-order chi connectivity index (χ0) is 9.14. The quantitative estimate of drug-likeness (QED) is 0.517. The van der Waals surface area contributed by atoms with Gasteiger partial charge in [-0.1, -0.05) is 11.6 Å². The number of carboxylic acid groups (broad SMARTS) is 1. The molecule has 72 valence electrons. The molecular weight excluding hydrogens is 217 g/mol. The maximum absolute atomic E-state index is 10.5. The molecule has 0 aliphatic rings. The predicted molar refractivity (Wildman–Crippen MR) is 51.3 cm³/mol. The molecule has 0 spiro atoms. The highest BCUT2D eigenvalue weighted by Crippen LogP contribution is 2.16. The van der Waals surface area contributed by atoms with Crippen LogP contribution in [0.25, 0.3) is 0 Å². The van der Waals surface area contributed by atoms with Gasteiger partial charge in [-0.15, -0.1) is 12.4 Å². The Labute approximate surface area is 85.3 Å². The van der Waals surface area contributed by atoms with Gasteiger partial charge in [-0.2, -0.15) is 0 Å². The lowest BCUT2D eigenvalue weighted by atomic mass is 10.2. The van der Waals surface area contributed by atoms with Crippen molar-refractivity contribution < 1.29 is 9.90 Å². The van der Waals surface area contributed by atoms with E-state index in [-0.39, 0.29) is 28.8 Å². The molecule has 0 amide bonds. The van der Waals surface area contributed by atoms with Crippen LogP contribution < -0.4 is 11.3 Å². The standard InChI is InChI=1S/C6H6ClN3O2.ClH/c7-4-2-9-5(10-8)1-3(4)6(11)12;/h1-2H,8H2,(H,9,10)(H,11,12);1H. The SMILES string of the molecule is Cl.NNc1cc(C(=O)O)c(Cl)cn1. The topological polar surface area (TPSA) is 88.2 Å². The molecule has 1 heterocycles. The molecule has 0 aliphatic carbocycles. The average molecular weight is 224 g/mol. The summed E-state index contributed by atoms with van der Waals surface area (Å²) in [7, 11) is 0. The van der Waals surface area contributed by atoms with Gasteiger partial charge in [0.15, 0.2) is 0 Å². The Morgan fingerprint density at radius 2 is 2.31 bits per heavy atom. The number of aromatic carboxylic acids is 1. The third-order valence-corrected chi connectivity index (χ3v) is 1.53. The van der Waals surface area contributed by atoms with E-state index in [0.29, 0.717) is 0 Å². The number of nitrogens with one attached hydrogen (secondary N) is 1. The van der Waals surface area contributed by atoms with E-state index < -0.39 is 5.97 Å². The number of hydrogen-bond donors (Lipinski definition) is 3. The van der Waals surface area contributed by atoms with Crippen LogP contribution in [0.2, 0.25) is 5.02 Å². The fraction of sp³-hybridized carbons (Fsp3) is 0. The summed E-state index contributed by atoms with van der Waals surface area (Å²) in [5.41, 5.74) is 2.19. The number of rotatable bonds is 2. The molecule has 5 nitrogen and oxygen atoms in total. The highest BCUT2D eigenvalue weighted by Gasteiger charge is 2.09. The first-order valence-corrected chi connectivity index (χ1v) is 3.38. The summed E-state index contributed by atoms with van der Waals surface area (Å²) in [6, 6.07) is 1.25. The predicted octanol–water partition coefficient (Wildman–Crippen LogP) is 1.14. The molecule has 0 unspecified atom stereocenters. The van der Waals surface area contributed by atoms with E-state index in [4.69, 9.17) is 22.6 Å². The summed E-state index contributed by atoms with van der Waals surface area (Å²) in [5, 5.41) is 8.69. The number of anilines is 1. The lowest BCUT2D eigenvalue weighted by molar-refractivity contribution is 0.0697. The molecule has 0 aromatic carbocycles. The van der Waals surface area contributed by atoms with E-state index in [9.17, 15) is 4.79 Å². The van der Waals surface area contributed by atoms with Gasteiger partial charge >= 0.3 is 5.97 Å². The van der Waals surface area contributed by atoms with Crippen molar-refractivity contribution in [3.63, 3.8) is 0 Å². The van der Waals surface area contributed by atoms with Gasteiger partial charge in [-0.3, -0.25) is 0 Å². The molecule has 0 saturated carbocycles. The first-order valence-electron chi connectivity index (χ1n) is 3.00. The van der Waals surface area contributed by atoms with Crippen LogP contribution in [0.5, 0.6) is 0 Å². The molecule has 0 saturated heterocycles. The maximum Gasteiger partial charge on any atom is 0.337 e. The summed E-state index contributed by atoms with van der Waals surface area (Å²) in [6.45, 7) is 0. The molecule has 1 aromatic heterocycles. The number of carboxylic acids is 1. The lowest BCUT2D eigenvalue weighted by Gasteiger charge is -2.01. The molecule has 7 heteroatoms. The van der Waals surface area contributed by atoms with Crippen LogP contribution in [0.15, 0.2) is 12.3 Å². The molecule has 4 N–H and O–H groups in total. The highest BCUT2D eigenvalue weighted by atomic mass is 35.5. The number of halogens is 2. The molecule has 0 fully saturated rings. The van der Waals surface area contributed by atoms with Crippen LogP contribution in [0, 0.1) is 0 Å². The van der Waals surface area contributed by atoms with Gasteiger partial charge in [0.25, 0.3) is 0 Å². The highest BCUT2D eigenvalue weighted by molar-refractivity contribution is 6.33. The second-order valence-corrected chi connectivity index (χ2v) is 2.41. The number of nitrogens with two attached hydrogens (primary N) is 1. The number of nitrogen functional groups attached to an aromatic ring is 1. The van der Waals surface area contributed by atoms with E-state index in [0.717, 1.165) is 0 Å². The molecule has 0 aliphatic heterocycles. The van der Waals surface area contributed by atoms with Crippen molar-refractivity contribution in [2.45, 2.75) is 0 Å². The van der Waals surface area contributed by atoms with Crippen molar-refractivity contribution in [1.82, 2.24) is 4.98 Å². The Hall–Kier alpha value is -1.04. The number of hydrazine groups is 1. The van der Waals surface area contributed by atoms with Gasteiger partial charge in [0.05, 0.1) is 10.6 Å². The molecule has 0 bridgehead atoms. The average Bonchev–Trinajstić information content (AvgIpc) is 2.05. The van der Waals surface area contributed by atoms with E-state index in [2.05, 4.69) is 10.4 Å². The van der Waals surface area contributed by atoms with Crippen molar-refractivity contribution >= 4 is 35.8 Å². The van der Waals surface area contributed by atoms with Crippen LogP contribution in [0.3, 0.4) is 0 Å². The smallest absolute Gasteiger partial charge is 0.337 e. The Morgan fingerprint density at radius 1 is 1.69 bits per heavy atom. The monoisotopic (exact) mass is 223 g/mol. The number of hydrogen-bond acceptors (Lipinski definition) is 4. The lowest BCUT2D eigenvalue weighted by Crippen LogP contribution is -2.10. The Morgan fingerprint density at radius 3 is 2.77 bits per heavy atom. The largest absolute Gasteiger partial charge is 0.478 e. The summed E-state index contributed by atoms with van der Waals surface area (Å²) in [5.74, 6) is 4.17. The second kappa shape index (κ2) is 4.86. The van der Waals surface area contributed by atoms with Crippen LogP contribution in [-0.4, -0.2) is 16.1 Å². The van der Waals surface area contributed by atoms with Crippen molar-refractivity contribution in [2.24, 2.45) is 5.84 Å². The van der Waals surface area contributed by atoms with Gasteiger partial charge in [0.1, 0.15) is 5.82 Å². The number of aromatic nitrogens is 1. The van der Waals surface area contributed by atoms with Crippen molar-refractivity contribution in [3.8, 4) is 0 Å². The van der Waals surface area contributed by atoms with Crippen LogP contribution in [0.1, 0.15) is 10.4 Å². The van der Waals surface area contributed by atoms with Gasteiger partial charge in [-0.25, -0.2) is 15.6 Å². The first-order chi connectivity index (χ1) is 5.65. The molecule has 1 rings (SSSR count). The number of pyridine rings is 1. The van der Waals surface area contributed by atoms with E-state index in [1.54, 1.807) is 0 Å². The second-order valence-electron chi connectivity index (χ2n) is 2.00. The number of carbonyl (C=O) groups is 1. The van der Waals surface area contributed by atoms with Crippen LogP contribution in [0.4, 0.5) is 5.82 Å². The Kier molecular flexibility index (Phi) is 4.47. The fourth-order valence-corrected chi connectivity index (χ4v) is 0.866. The minimum Gasteiger partial charge on any atom is -0.478 e. The third-order valence-electron chi connectivity index (χ3n) is 1.23. The summed E-state index contributed by atoms with van der Waals surface area (Å²) < 4.78 is 0. The van der Waals surface area contributed by atoms with Crippen molar-refractivity contribution in [1.29, 1.82) is 0 Å². The summed E-state index contributed by atoms with van der Waals surface area (Å²) >= 11 is 5.54. The van der Waals surface area contributed by atoms with Crippen molar-refractivity contribution in [2.75, 3.05) is 5.43 Å². The van der Waals surface area contributed by atoms with Gasteiger partial charge in [0, 0.05) is 6.20 Å². The third kappa shape index (κ3) is 2.73. The van der Waals surface area contributed by atoms with Crippen molar-refractivity contribution in [3.05, 3.63) is 22.8 Å². The van der Waals surface area contributed by atoms with Gasteiger partial charge in [0.2, 0.25) is 0 Å². The zero-order valence-corrected chi connectivity index (χ0v) is 7.89. The van der Waals surface area contributed by atoms with E-state index in [1.165, 1.54) is 12.3 Å². The molecule has 1 aromatic rings. The molecular formula is C6H7Cl2N3O2.